The molecule has 4 rings (SSSR count). The monoisotopic (exact) mass is 513 g/mol. The summed E-state index contributed by atoms with van der Waals surface area (Å²) in [5.41, 5.74) is -0.543. The molecule has 1 aliphatic rings. The first-order valence-corrected chi connectivity index (χ1v) is 11.3. The summed E-state index contributed by atoms with van der Waals surface area (Å²) in [4.78, 5) is 22.3. The van der Waals surface area contributed by atoms with Crippen molar-refractivity contribution in [3.8, 4) is 11.4 Å². The summed E-state index contributed by atoms with van der Waals surface area (Å²) in [6.45, 7) is 3.44. The van der Waals surface area contributed by atoms with E-state index in [4.69, 9.17) is 11.6 Å². The van der Waals surface area contributed by atoms with Crippen molar-refractivity contribution < 1.29 is 22.0 Å². The van der Waals surface area contributed by atoms with Crippen LogP contribution in [0.1, 0.15) is 12.5 Å². The average Bonchev–Trinajstić information content (AvgIpc) is 2.86. The van der Waals surface area contributed by atoms with Crippen LogP contribution in [0, 0.1) is 11.6 Å². The fraction of sp³-hybridized carbons (Fsp3) is 0.364. The second-order valence-electron chi connectivity index (χ2n) is 7.71. The molecule has 0 unspecified atom stereocenters. The molecular formula is C22H21ClF5N7. The summed E-state index contributed by atoms with van der Waals surface area (Å²) in [5.74, 6) is -1.53. The van der Waals surface area contributed by atoms with E-state index >= 15 is 0 Å². The highest BCUT2D eigenvalue weighted by Crippen LogP contribution is 2.35. The van der Waals surface area contributed by atoms with Crippen molar-refractivity contribution in [3.63, 3.8) is 0 Å². The van der Waals surface area contributed by atoms with Gasteiger partial charge in [-0.3, -0.25) is 0 Å². The molecule has 3 aromatic rings. The Morgan fingerprint density at radius 3 is 2.31 bits per heavy atom. The first-order chi connectivity index (χ1) is 16.7. The largest absolute Gasteiger partial charge is 0.419 e. The average molecular weight is 514 g/mol. The molecule has 0 radical (unpaired) electrons. The van der Waals surface area contributed by atoms with Crippen LogP contribution in [0.15, 0.2) is 36.5 Å². The van der Waals surface area contributed by atoms with Crippen molar-refractivity contribution in [2.45, 2.75) is 13.1 Å². The normalized spacial score (nSPS) is 14.4. The predicted molar refractivity (Wildman–Crippen MR) is 123 cm³/mol. The Labute approximate surface area is 203 Å². The minimum atomic E-state index is -4.52. The zero-order valence-electron chi connectivity index (χ0n) is 18.6. The molecule has 2 aromatic heterocycles. The van der Waals surface area contributed by atoms with Crippen LogP contribution >= 0.6 is 11.6 Å². The van der Waals surface area contributed by atoms with Crippen molar-refractivity contribution in [2.75, 3.05) is 53.4 Å². The van der Waals surface area contributed by atoms with Crippen LogP contribution < -0.4 is 14.7 Å². The summed E-state index contributed by atoms with van der Waals surface area (Å²) in [6.07, 6.45) is -3.19. The third-order valence-corrected chi connectivity index (χ3v) is 5.84. The van der Waals surface area contributed by atoms with Crippen LogP contribution in [-0.4, -0.2) is 58.7 Å². The lowest BCUT2D eigenvalue weighted by Crippen LogP contribution is -2.48. The summed E-state index contributed by atoms with van der Waals surface area (Å²) in [6, 6.07) is 5.68. The number of rotatable bonds is 6. The molecule has 35 heavy (non-hydrogen) atoms. The number of pyridine rings is 1. The second-order valence-corrected chi connectivity index (χ2v) is 7.95. The number of benzene rings is 1. The molecule has 0 atom stereocenters. The number of alkyl halides is 4. The van der Waals surface area contributed by atoms with Crippen LogP contribution in [0.5, 0.6) is 0 Å². The van der Waals surface area contributed by atoms with Gasteiger partial charge in [-0.15, -0.1) is 11.6 Å². The minimum absolute atomic E-state index is 0.0881. The quantitative estimate of drug-likeness (QED) is 0.272. The van der Waals surface area contributed by atoms with Crippen molar-refractivity contribution in [1.82, 2.24) is 19.9 Å². The number of hydrogen-bond donors (Lipinski definition) is 0. The Kier molecular flexibility index (Phi) is 7.20. The molecule has 1 saturated heterocycles. The van der Waals surface area contributed by atoms with Gasteiger partial charge in [-0.05, 0) is 37.3 Å². The number of hydrogen-bond acceptors (Lipinski definition) is 7. The zero-order chi connectivity index (χ0) is 25.2. The molecule has 13 heteroatoms. The number of nitrogens with zero attached hydrogens (tertiary/aromatic N) is 7. The lowest BCUT2D eigenvalue weighted by Gasteiger charge is -2.36. The molecule has 1 aliphatic heterocycles. The van der Waals surface area contributed by atoms with Gasteiger partial charge in [-0.25, -0.2) is 13.8 Å². The highest BCUT2D eigenvalue weighted by molar-refractivity contribution is 6.18. The standard InChI is InChI=1S/C22H21ClF5N7/c1-2-33(13-23)20-30-18(14-5-6-16(24)17(25)12-14)31-21(32-20)35-10-8-34(9-11-35)19-15(22(26,27)28)4-3-7-29-19/h3-7,12H,2,8-11,13H2,1H3. The van der Waals surface area contributed by atoms with Gasteiger partial charge in [0.25, 0.3) is 0 Å². The molecule has 186 valence electrons. The lowest BCUT2D eigenvalue weighted by atomic mass is 10.2. The van der Waals surface area contributed by atoms with E-state index in [1.807, 2.05) is 6.92 Å². The van der Waals surface area contributed by atoms with Crippen molar-refractivity contribution in [2.24, 2.45) is 0 Å². The van der Waals surface area contributed by atoms with Gasteiger partial charge in [0, 0.05) is 44.5 Å². The lowest BCUT2D eigenvalue weighted by molar-refractivity contribution is -0.137. The number of aromatic nitrogens is 4. The molecule has 3 heterocycles. The Morgan fingerprint density at radius 1 is 0.971 bits per heavy atom. The maximum Gasteiger partial charge on any atom is 0.419 e. The van der Waals surface area contributed by atoms with E-state index in [-0.39, 0.29) is 48.2 Å². The molecule has 1 fully saturated rings. The number of piperazine rings is 1. The molecule has 0 N–H and O–H groups in total. The van der Waals surface area contributed by atoms with E-state index in [1.165, 1.54) is 18.3 Å². The maximum absolute atomic E-state index is 13.9. The number of anilines is 3. The Bertz CT molecular complexity index is 1180. The van der Waals surface area contributed by atoms with Gasteiger partial charge in [0.15, 0.2) is 17.5 Å². The van der Waals surface area contributed by atoms with Gasteiger partial charge >= 0.3 is 6.18 Å². The maximum atomic E-state index is 13.9. The summed E-state index contributed by atoms with van der Waals surface area (Å²) >= 11 is 6.02. The van der Waals surface area contributed by atoms with Crippen molar-refractivity contribution in [3.05, 3.63) is 53.7 Å². The summed E-state index contributed by atoms with van der Waals surface area (Å²) in [7, 11) is 0. The molecule has 0 bridgehead atoms. The van der Waals surface area contributed by atoms with Crippen LogP contribution in [-0.2, 0) is 6.18 Å². The van der Waals surface area contributed by atoms with E-state index in [9.17, 15) is 22.0 Å². The van der Waals surface area contributed by atoms with Crippen LogP contribution in [0.3, 0.4) is 0 Å². The molecule has 0 aliphatic carbocycles. The van der Waals surface area contributed by atoms with Gasteiger partial charge < -0.3 is 14.7 Å². The van der Waals surface area contributed by atoms with E-state index < -0.39 is 23.4 Å². The Balaban J connectivity index is 1.63. The zero-order valence-corrected chi connectivity index (χ0v) is 19.4. The third kappa shape index (κ3) is 5.37. The Morgan fingerprint density at radius 2 is 1.69 bits per heavy atom. The van der Waals surface area contributed by atoms with Gasteiger partial charge in [0.1, 0.15) is 5.82 Å². The minimum Gasteiger partial charge on any atom is -0.353 e. The fourth-order valence-corrected chi connectivity index (χ4v) is 3.94. The van der Waals surface area contributed by atoms with E-state index in [1.54, 1.807) is 14.7 Å². The van der Waals surface area contributed by atoms with Crippen molar-refractivity contribution in [1.29, 1.82) is 0 Å². The first-order valence-electron chi connectivity index (χ1n) is 10.8. The third-order valence-electron chi connectivity index (χ3n) is 5.55. The van der Waals surface area contributed by atoms with Gasteiger partial charge in [-0.1, -0.05) is 0 Å². The van der Waals surface area contributed by atoms with Crippen LogP contribution in [0.2, 0.25) is 0 Å². The van der Waals surface area contributed by atoms with E-state index in [2.05, 4.69) is 19.9 Å². The first kappa shape index (κ1) is 24.8. The van der Waals surface area contributed by atoms with Crippen molar-refractivity contribution >= 4 is 29.3 Å². The van der Waals surface area contributed by atoms with Gasteiger partial charge in [0.05, 0.1) is 11.6 Å². The van der Waals surface area contributed by atoms with Crippen LogP contribution in [0.25, 0.3) is 11.4 Å². The molecule has 0 spiro atoms. The molecule has 0 amide bonds. The highest BCUT2D eigenvalue weighted by atomic mass is 35.5. The highest BCUT2D eigenvalue weighted by Gasteiger charge is 2.36. The second kappa shape index (κ2) is 10.1. The summed E-state index contributed by atoms with van der Waals surface area (Å²) < 4.78 is 67.6. The SMILES string of the molecule is CCN(CCl)c1nc(-c2ccc(F)c(F)c2)nc(N2CCN(c3ncccc3C(F)(F)F)CC2)n1. The molecular weight excluding hydrogens is 493 g/mol. The molecule has 0 saturated carbocycles. The topological polar surface area (TPSA) is 61.3 Å². The van der Waals surface area contributed by atoms with E-state index in [0.717, 1.165) is 18.2 Å². The molecule has 1 aromatic carbocycles. The molecule has 7 nitrogen and oxygen atoms in total. The summed E-state index contributed by atoms with van der Waals surface area (Å²) in [5, 5.41) is 0. The number of halogens is 6. The van der Waals surface area contributed by atoms with E-state index in [0.29, 0.717) is 19.6 Å². The van der Waals surface area contributed by atoms with Gasteiger partial charge in [0.2, 0.25) is 11.9 Å². The van der Waals surface area contributed by atoms with Crippen LogP contribution in [0.4, 0.5) is 39.7 Å². The Hall–Kier alpha value is -3.28. The fourth-order valence-electron chi connectivity index (χ4n) is 3.67. The predicted octanol–water partition coefficient (Wildman–Crippen LogP) is 4.58. The smallest absolute Gasteiger partial charge is 0.353 e. The van der Waals surface area contributed by atoms with Gasteiger partial charge in [-0.2, -0.15) is 28.1 Å².